The lowest BCUT2D eigenvalue weighted by atomic mass is 9.82. The molecule has 0 bridgehead atoms. The van der Waals surface area contributed by atoms with Crippen LogP contribution in [0.15, 0.2) is 18.2 Å². The number of rotatable bonds is 4. The number of hydrogen-bond donors (Lipinski definition) is 3. The van der Waals surface area contributed by atoms with Gasteiger partial charge in [-0.05, 0) is 37.7 Å². The fourth-order valence-corrected chi connectivity index (χ4v) is 4.55. The molecule has 4 N–H and O–H groups in total. The van der Waals surface area contributed by atoms with Gasteiger partial charge < -0.3 is 16.2 Å². The van der Waals surface area contributed by atoms with Crippen molar-refractivity contribution in [1.29, 1.82) is 0 Å². The molecule has 1 saturated carbocycles. The maximum Gasteiger partial charge on any atom is 0.253 e. The van der Waals surface area contributed by atoms with Crippen molar-refractivity contribution in [3.63, 3.8) is 0 Å². The molecule has 30 heavy (non-hydrogen) atoms. The quantitative estimate of drug-likeness (QED) is 0.713. The number of benzene rings is 1. The third kappa shape index (κ3) is 3.74. The highest BCUT2D eigenvalue weighted by Crippen LogP contribution is 2.35. The summed E-state index contributed by atoms with van der Waals surface area (Å²) < 4.78 is 16.8. The molecule has 2 atom stereocenters. The van der Waals surface area contributed by atoms with Crippen LogP contribution in [-0.2, 0) is 6.42 Å². The van der Waals surface area contributed by atoms with E-state index >= 15 is 4.39 Å². The number of aliphatic hydroxyl groups is 1. The van der Waals surface area contributed by atoms with E-state index in [-0.39, 0.29) is 17.0 Å². The summed E-state index contributed by atoms with van der Waals surface area (Å²) in [6, 6.07) is 2.77. The van der Waals surface area contributed by atoms with Gasteiger partial charge in [-0.1, -0.05) is 38.8 Å². The predicted octanol–water partition coefficient (Wildman–Crippen LogP) is 3.73. The Hall–Kier alpha value is -2.67. The number of fused-ring (bicyclic) bond motifs is 1. The zero-order chi connectivity index (χ0) is 21.6. The highest BCUT2D eigenvalue weighted by molar-refractivity contribution is 5.99. The predicted molar refractivity (Wildman–Crippen MR) is 115 cm³/mol. The summed E-state index contributed by atoms with van der Waals surface area (Å²) in [5, 5.41) is 18.2. The van der Waals surface area contributed by atoms with E-state index in [0.29, 0.717) is 17.8 Å². The maximum absolute atomic E-state index is 15.0. The van der Waals surface area contributed by atoms with Gasteiger partial charge in [-0.15, -0.1) is 0 Å². The number of allylic oxidation sites excluding steroid dienone is 1. The number of carbonyl (C=O) groups is 1. The number of halogens is 1. The molecule has 6 nitrogen and oxygen atoms in total. The molecule has 0 saturated heterocycles. The van der Waals surface area contributed by atoms with Gasteiger partial charge in [0.2, 0.25) is 0 Å². The van der Waals surface area contributed by atoms with Gasteiger partial charge in [-0.25, -0.2) is 9.07 Å². The number of primary amides is 1. The van der Waals surface area contributed by atoms with Crippen molar-refractivity contribution in [1.82, 2.24) is 9.78 Å². The largest absolute Gasteiger partial charge is 0.391 e. The average Bonchev–Trinajstić information content (AvgIpc) is 2.97. The summed E-state index contributed by atoms with van der Waals surface area (Å²) in [7, 11) is 0. The molecule has 1 aromatic heterocycles. The van der Waals surface area contributed by atoms with Gasteiger partial charge in [0, 0.05) is 11.6 Å². The Balaban J connectivity index is 1.80. The summed E-state index contributed by atoms with van der Waals surface area (Å²) in [6.07, 6.45) is 7.82. The minimum atomic E-state index is -0.838. The second-order valence-electron chi connectivity index (χ2n) is 9.17. The lowest BCUT2D eigenvalue weighted by molar-refractivity contribution is 0.0995. The van der Waals surface area contributed by atoms with Gasteiger partial charge in [0.15, 0.2) is 0 Å². The first-order valence-corrected chi connectivity index (χ1v) is 10.5. The molecule has 2 aliphatic rings. The number of aliphatic hydroxyl groups excluding tert-OH is 1. The van der Waals surface area contributed by atoms with Crippen molar-refractivity contribution >= 4 is 17.7 Å². The number of hydrogen-bond acceptors (Lipinski definition) is 4. The van der Waals surface area contributed by atoms with Crippen LogP contribution in [0.4, 0.5) is 10.1 Å². The number of aryl methyl sites for hydroxylation is 1. The molecular formula is C23H29FN4O2. The van der Waals surface area contributed by atoms with Crippen molar-refractivity contribution in [2.24, 2.45) is 11.1 Å². The fourth-order valence-electron chi connectivity index (χ4n) is 4.55. The molecule has 4 rings (SSSR count). The van der Waals surface area contributed by atoms with Crippen LogP contribution in [0.2, 0.25) is 0 Å². The molecule has 1 amide bonds. The zero-order valence-corrected chi connectivity index (χ0v) is 17.7. The van der Waals surface area contributed by atoms with Gasteiger partial charge in [0.25, 0.3) is 5.91 Å². The van der Waals surface area contributed by atoms with Gasteiger partial charge in [-0.3, -0.25) is 4.79 Å². The summed E-state index contributed by atoms with van der Waals surface area (Å²) >= 11 is 0. The highest BCUT2D eigenvalue weighted by Gasteiger charge is 2.29. The normalized spacial score (nSPS) is 22.6. The van der Waals surface area contributed by atoms with E-state index in [9.17, 15) is 9.90 Å². The van der Waals surface area contributed by atoms with Gasteiger partial charge in [-0.2, -0.15) is 5.10 Å². The fraction of sp³-hybridized carbons (Fsp3) is 0.478. The standard InChI is InChI=1S/C23H29FN4O2/c1-13-15-8-9-23(2,3)12-19(15)28(27-13)14-10-16(24)21(22(25)30)18(11-14)26-17-6-4-5-7-20(17)29/h8-11,17,20,26,29H,4-7,12H2,1-3H3,(H2,25,30)/t17-,20-/m1/s1. The van der Waals surface area contributed by atoms with Crippen LogP contribution in [0, 0.1) is 18.2 Å². The SMILES string of the molecule is Cc1nn(-c2cc(F)c(C(N)=O)c(N[C@@H]3CCCC[C@H]3O)c2)c2c1C=CC(C)(C)C2. The van der Waals surface area contributed by atoms with E-state index in [2.05, 4.69) is 36.4 Å². The molecule has 2 aliphatic carbocycles. The first-order chi connectivity index (χ1) is 14.2. The number of anilines is 1. The second-order valence-corrected chi connectivity index (χ2v) is 9.17. The van der Waals surface area contributed by atoms with Crippen LogP contribution in [0.5, 0.6) is 0 Å². The minimum absolute atomic E-state index is 0.0315. The maximum atomic E-state index is 15.0. The van der Waals surface area contributed by atoms with Crippen LogP contribution < -0.4 is 11.1 Å². The van der Waals surface area contributed by atoms with Crippen molar-refractivity contribution in [3.05, 3.63) is 46.5 Å². The summed E-state index contributed by atoms with van der Waals surface area (Å²) in [4.78, 5) is 12.0. The average molecular weight is 413 g/mol. The summed E-state index contributed by atoms with van der Waals surface area (Å²) in [5.74, 6) is -1.53. The van der Waals surface area contributed by atoms with E-state index in [1.165, 1.54) is 6.07 Å². The van der Waals surface area contributed by atoms with Gasteiger partial charge in [0.05, 0.1) is 40.5 Å². The Morgan fingerprint density at radius 1 is 1.33 bits per heavy atom. The molecule has 2 aromatic rings. The van der Waals surface area contributed by atoms with Crippen molar-refractivity contribution in [2.75, 3.05) is 5.32 Å². The van der Waals surface area contributed by atoms with Crippen molar-refractivity contribution in [3.8, 4) is 5.69 Å². The van der Waals surface area contributed by atoms with Gasteiger partial charge in [0.1, 0.15) is 5.82 Å². The summed E-state index contributed by atoms with van der Waals surface area (Å²) in [6.45, 7) is 6.23. The molecule has 1 heterocycles. The third-order valence-corrected chi connectivity index (χ3v) is 6.17. The monoisotopic (exact) mass is 412 g/mol. The van der Waals surface area contributed by atoms with Crippen molar-refractivity contribution < 1.29 is 14.3 Å². The van der Waals surface area contributed by atoms with Crippen LogP contribution in [-0.4, -0.2) is 32.9 Å². The second kappa shape index (κ2) is 7.54. The topological polar surface area (TPSA) is 93.2 Å². The third-order valence-electron chi connectivity index (χ3n) is 6.17. The first kappa shape index (κ1) is 20.6. The molecule has 0 radical (unpaired) electrons. The molecule has 1 aromatic carbocycles. The minimum Gasteiger partial charge on any atom is -0.391 e. The number of nitrogens with zero attached hydrogens (tertiary/aromatic N) is 2. The Morgan fingerprint density at radius 3 is 2.77 bits per heavy atom. The van der Waals surface area contributed by atoms with E-state index in [1.54, 1.807) is 10.7 Å². The number of aromatic nitrogens is 2. The Labute approximate surface area is 176 Å². The van der Waals surface area contributed by atoms with E-state index in [1.807, 2.05) is 6.92 Å². The van der Waals surface area contributed by atoms with E-state index in [0.717, 1.165) is 42.6 Å². The molecule has 7 heteroatoms. The Morgan fingerprint density at radius 2 is 2.07 bits per heavy atom. The van der Waals surface area contributed by atoms with Crippen LogP contribution in [0.25, 0.3) is 11.8 Å². The molecule has 0 unspecified atom stereocenters. The number of nitrogens with two attached hydrogens (primary N) is 1. The zero-order valence-electron chi connectivity index (χ0n) is 17.7. The lowest BCUT2D eigenvalue weighted by Gasteiger charge is -2.30. The Kier molecular flexibility index (Phi) is 5.18. The lowest BCUT2D eigenvalue weighted by Crippen LogP contribution is -2.37. The van der Waals surface area contributed by atoms with Crippen LogP contribution in [0.1, 0.15) is 66.8 Å². The number of carbonyl (C=O) groups excluding carboxylic acids is 1. The van der Waals surface area contributed by atoms with Crippen LogP contribution in [0.3, 0.4) is 0 Å². The summed E-state index contributed by atoms with van der Waals surface area (Å²) in [5.41, 5.74) is 9.02. The van der Waals surface area contributed by atoms with Crippen LogP contribution >= 0.6 is 0 Å². The number of nitrogens with one attached hydrogen (secondary N) is 1. The molecule has 160 valence electrons. The highest BCUT2D eigenvalue weighted by atomic mass is 19.1. The smallest absolute Gasteiger partial charge is 0.253 e. The molecular weight excluding hydrogens is 383 g/mol. The molecule has 0 aliphatic heterocycles. The van der Waals surface area contributed by atoms with E-state index < -0.39 is 17.8 Å². The van der Waals surface area contributed by atoms with Crippen molar-refractivity contribution in [2.45, 2.75) is 65.0 Å². The van der Waals surface area contributed by atoms with Gasteiger partial charge >= 0.3 is 0 Å². The number of amides is 1. The molecule has 1 fully saturated rings. The molecule has 0 spiro atoms. The first-order valence-electron chi connectivity index (χ1n) is 10.5. The van der Waals surface area contributed by atoms with E-state index in [4.69, 9.17) is 5.73 Å². The Bertz CT molecular complexity index is 1020.